The highest BCUT2D eigenvalue weighted by molar-refractivity contribution is 7.99. The Bertz CT molecular complexity index is 539. The minimum atomic E-state index is -0.0387. The number of amides is 1. The van der Waals surface area contributed by atoms with Crippen molar-refractivity contribution in [3.05, 3.63) is 34.9 Å². The molecule has 1 atom stereocenters. The fraction of sp³-hybridized carbons (Fsp3) is 0.438. The van der Waals surface area contributed by atoms with Gasteiger partial charge in [-0.2, -0.15) is 11.8 Å². The van der Waals surface area contributed by atoms with Gasteiger partial charge in [0.05, 0.1) is 12.1 Å². The molecule has 1 heterocycles. The molecule has 1 fully saturated rings. The number of carbonyl (C=O) groups excluding carboxylic acids is 1. The van der Waals surface area contributed by atoms with Gasteiger partial charge >= 0.3 is 0 Å². The third-order valence-corrected chi connectivity index (χ3v) is 4.55. The number of aryl methyl sites for hydroxylation is 1. The average molecular weight is 288 g/mol. The van der Waals surface area contributed by atoms with Crippen LogP contribution in [-0.2, 0) is 0 Å². The summed E-state index contributed by atoms with van der Waals surface area (Å²) in [7, 11) is 0. The van der Waals surface area contributed by atoms with E-state index < -0.39 is 0 Å². The number of nitrogens with one attached hydrogen (secondary N) is 1. The largest absolute Gasteiger partial charge is 0.352 e. The Labute approximate surface area is 124 Å². The number of benzene rings is 1. The quantitative estimate of drug-likeness (QED) is 0.834. The normalized spacial score (nSPS) is 17.4. The standard InChI is InChI=1S/C16H20N2OS/c1-12-4-5-15(14(9-12)3-2-7-17)16(19)18-10-13-6-8-20-11-13/h4-5,9,13H,6-8,10-11,17H2,1H3,(H,18,19). The van der Waals surface area contributed by atoms with Crippen molar-refractivity contribution in [1.82, 2.24) is 5.32 Å². The van der Waals surface area contributed by atoms with Crippen LogP contribution in [0.15, 0.2) is 18.2 Å². The minimum Gasteiger partial charge on any atom is -0.352 e. The summed E-state index contributed by atoms with van der Waals surface area (Å²) in [6.45, 7) is 3.04. The van der Waals surface area contributed by atoms with Crippen LogP contribution in [0.4, 0.5) is 0 Å². The molecule has 0 bridgehead atoms. The molecule has 1 amide bonds. The maximum atomic E-state index is 12.3. The van der Waals surface area contributed by atoms with E-state index in [1.54, 1.807) is 0 Å². The van der Waals surface area contributed by atoms with Crippen LogP contribution in [0.1, 0.15) is 27.9 Å². The van der Waals surface area contributed by atoms with Crippen LogP contribution in [0, 0.1) is 24.7 Å². The van der Waals surface area contributed by atoms with Crippen LogP contribution in [0.3, 0.4) is 0 Å². The van der Waals surface area contributed by atoms with Crippen molar-refractivity contribution in [1.29, 1.82) is 0 Å². The van der Waals surface area contributed by atoms with Gasteiger partial charge in [0.1, 0.15) is 0 Å². The van der Waals surface area contributed by atoms with E-state index in [4.69, 9.17) is 5.73 Å². The lowest BCUT2D eigenvalue weighted by Gasteiger charge is -2.11. The second-order valence-corrected chi connectivity index (χ2v) is 6.14. The van der Waals surface area contributed by atoms with Crippen LogP contribution in [0.2, 0.25) is 0 Å². The molecule has 0 spiro atoms. The lowest BCUT2D eigenvalue weighted by molar-refractivity contribution is 0.0948. The topological polar surface area (TPSA) is 55.1 Å². The van der Waals surface area contributed by atoms with Crippen molar-refractivity contribution < 1.29 is 4.79 Å². The van der Waals surface area contributed by atoms with Crippen molar-refractivity contribution in [2.24, 2.45) is 11.7 Å². The molecule has 1 aromatic carbocycles. The molecule has 0 radical (unpaired) electrons. The third-order valence-electron chi connectivity index (χ3n) is 3.32. The van der Waals surface area contributed by atoms with Crippen LogP contribution < -0.4 is 11.1 Å². The zero-order valence-electron chi connectivity index (χ0n) is 11.7. The molecule has 4 heteroatoms. The van der Waals surface area contributed by atoms with Crippen LogP contribution >= 0.6 is 11.8 Å². The van der Waals surface area contributed by atoms with Crippen molar-refractivity contribution in [2.75, 3.05) is 24.6 Å². The Kier molecular flexibility index (Phi) is 5.51. The van der Waals surface area contributed by atoms with Gasteiger partial charge in [0.15, 0.2) is 0 Å². The maximum Gasteiger partial charge on any atom is 0.252 e. The molecule has 1 unspecified atom stereocenters. The van der Waals surface area contributed by atoms with Gasteiger partial charge < -0.3 is 11.1 Å². The Morgan fingerprint density at radius 2 is 2.40 bits per heavy atom. The van der Waals surface area contributed by atoms with Crippen LogP contribution in [-0.4, -0.2) is 30.5 Å². The first-order chi connectivity index (χ1) is 9.70. The van der Waals surface area contributed by atoms with Gasteiger partial charge in [-0.1, -0.05) is 17.9 Å². The number of carbonyl (C=O) groups is 1. The molecule has 3 N–H and O–H groups in total. The average Bonchev–Trinajstić information content (AvgIpc) is 2.96. The molecule has 0 saturated carbocycles. The zero-order valence-corrected chi connectivity index (χ0v) is 12.6. The predicted molar refractivity (Wildman–Crippen MR) is 84.9 cm³/mol. The van der Waals surface area contributed by atoms with Crippen molar-refractivity contribution in [3.8, 4) is 11.8 Å². The number of rotatable bonds is 3. The summed E-state index contributed by atoms with van der Waals surface area (Å²) in [5.41, 5.74) is 7.90. The lowest BCUT2D eigenvalue weighted by Crippen LogP contribution is -2.29. The monoisotopic (exact) mass is 288 g/mol. The van der Waals surface area contributed by atoms with Gasteiger partial charge in [-0.15, -0.1) is 0 Å². The van der Waals surface area contributed by atoms with Gasteiger partial charge in [-0.25, -0.2) is 0 Å². The molecule has 1 aliphatic heterocycles. The molecule has 0 aromatic heterocycles. The fourth-order valence-corrected chi connectivity index (χ4v) is 3.47. The summed E-state index contributed by atoms with van der Waals surface area (Å²) < 4.78 is 0. The summed E-state index contributed by atoms with van der Waals surface area (Å²) in [5.74, 6) is 8.72. The summed E-state index contributed by atoms with van der Waals surface area (Å²) in [6.07, 6.45) is 1.19. The smallest absolute Gasteiger partial charge is 0.252 e. The zero-order chi connectivity index (χ0) is 14.4. The molecule has 20 heavy (non-hydrogen) atoms. The van der Waals surface area contributed by atoms with E-state index >= 15 is 0 Å². The summed E-state index contributed by atoms with van der Waals surface area (Å²) in [6, 6.07) is 5.71. The van der Waals surface area contributed by atoms with Gasteiger partial charge in [-0.3, -0.25) is 4.79 Å². The van der Waals surface area contributed by atoms with Crippen molar-refractivity contribution in [3.63, 3.8) is 0 Å². The first kappa shape index (κ1) is 15.0. The number of nitrogens with two attached hydrogens (primary N) is 1. The second-order valence-electron chi connectivity index (χ2n) is 4.99. The molecule has 1 saturated heterocycles. The summed E-state index contributed by atoms with van der Waals surface area (Å²) >= 11 is 1.96. The number of thioether (sulfide) groups is 1. The molecule has 3 nitrogen and oxygen atoms in total. The van der Waals surface area contributed by atoms with E-state index in [0.717, 1.165) is 23.4 Å². The predicted octanol–water partition coefficient (Wildman–Crippen LogP) is 1.79. The van der Waals surface area contributed by atoms with E-state index in [2.05, 4.69) is 17.2 Å². The highest BCUT2D eigenvalue weighted by Gasteiger charge is 2.17. The summed E-state index contributed by atoms with van der Waals surface area (Å²) in [5, 5.41) is 3.03. The Morgan fingerprint density at radius 1 is 1.55 bits per heavy atom. The molecular weight excluding hydrogens is 268 g/mol. The summed E-state index contributed by atoms with van der Waals surface area (Å²) in [4.78, 5) is 12.3. The molecule has 106 valence electrons. The van der Waals surface area contributed by atoms with Crippen LogP contribution in [0.5, 0.6) is 0 Å². The SMILES string of the molecule is Cc1ccc(C(=O)NCC2CCSC2)c(C#CCN)c1. The van der Waals surface area contributed by atoms with Crippen molar-refractivity contribution in [2.45, 2.75) is 13.3 Å². The highest BCUT2D eigenvalue weighted by atomic mass is 32.2. The van der Waals surface area contributed by atoms with E-state index in [1.807, 2.05) is 36.9 Å². The number of hydrogen-bond acceptors (Lipinski definition) is 3. The Hall–Kier alpha value is -1.44. The van der Waals surface area contributed by atoms with E-state index in [9.17, 15) is 4.79 Å². The molecule has 1 aromatic rings. The molecule has 1 aliphatic rings. The Morgan fingerprint density at radius 3 is 3.10 bits per heavy atom. The fourth-order valence-electron chi connectivity index (χ4n) is 2.18. The third kappa shape index (κ3) is 4.03. The van der Waals surface area contributed by atoms with E-state index in [1.165, 1.54) is 12.2 Å². The lowest BCUT2D eigenvalue weighted by atomic mass is 10.0. The van der Waals surface area contributed by atoms with Gasteiger partial charge in [0, 0.05) is 12.1 Å². The van der Waals surface area contributed by atoms with Gasteiger partial charge in [-0.05, 0) is 48.5 Å². The number of hydrogen-bond donors (Lipinski definition) is 2. The first-order valence-electron chi connectivity index (χ1n) is 6.86. The highest BCUT2D eigenvalue weighted by Crippen LogP contribution is 2.22. The molecule has 2 rings (SSSR count). The minimum absolute atomic E-state index is 0.0387. The van der Waals surface area contributed by atoms with E-state index in [-0.39, 0.29) is 5.91 Å². The van der Waals surface area contributed by atoms with Gasteiger partial charge in [0.25, 0.3) is 5.91 Å². The van der Waals surface area contributed by atoms with E-state index in [0.29, 0.717) is 18.0 Å². The molecular formula is C16H20N2OS. The van der Waals surface area contributed by atoms with Crippen LogP contribution in [0.25, 0.3) is 0 Å². The Balaban J connectivity index is 2.07. The first-order valence-corrected chi connectivity index (χ1v) is 8.01. The van der Waals surface area contributed by atoms with Crippen molar-refractivity contribution >= 4 is 17.7 Å². The maximum absolute atomic E-state index is 12.3. The second kappa shape index (κ2) is 7.37. The van der Waals surface area contributed by atoms with Gasteiger partial charge in [0.2, 0.25) is 0 Å². The molecule has 0 aliphatic carbocycles.